The van der Waals surface area contributed by atoms with E-state index in [4.69, 9.17) is 28.6 Å². The van der Waals surface area contributed by atoms with Gasteiger partial charge in [0, 0.05) is 61.2 Å². The van der Waals surface area contributed by atoms with Crippen LogP contribution in [0, 0.1) is 17.2 Å². The average molecular weight is 863 g/mol. The molecule has 3 saturated heterocycles. The summed E-state index contributed by atoms with van der Waals surface area (Å²) in [4.78, 5) is 58.4. The van der Waals surface area contributed by atoms with Gasteiger partial charge in [-0.05, 0) is 123 Å². The maximum absolute atomic E-state index is 13.8. The predicted octanol–water partition coefficient (Wildman–Crippen LogP) is 6.65. The van der Waals surface area contributed by atoms with E-state index in [1.54, 1.807) is 36.9 Å². The lowest BCUT2D eigenvalue weighted by Gasteiger charge is -2.42. The van der Waals surface area contributed by atoms with Crippen molar-refractivity contribution < 1.29 is 37.1 Å². The van der Waals surface area contributed by atoms with Crippen molar-refractivity contribution >= 4 is 63.8 Å². The van der Waals surface area contributed by atoms with E-state index in [0.717, 1.165) is 66.2 Å². The largest absolute Gasteiger partial charge is 0.492 e. The zero-order valence-corrected chi connectivity index (χ0v) is 35.2. The molecule has 7 rings (SSSR count). The fourth-order valence-corrected chi connectivity index (χ4v) is 9.47. The third-order valence-corrected chi connectivity index (χ3v) is 12.6. The van der Waals surface area contributed by atoms with Crippen molar-refractivity contribution in [1.82, 2.24) is 15.1 Å². The number of halogens is 4. The van der Waals surface area contributed by atoms with Crippen LogP contribution in [-0.2, 0) is 44.6 Å². The monoisotopic (exact) mass is 862 g/mol. The summed E-state index contributed by atoms with van der Waals surface area (Å²) in [5, 5.41) is 12.2. The standard InChI is InChI=1S/C44H46ClF3N6O5S/c1-4-29-22-34(54-41(60)53(40(58)42(54,2)3)33-7-5-31(24-49)36(23-33)44(46,47)48)8-9-37(29)59-16-15-51-13-14-52(43(26-51)11-12-43)25-35(55)21-28-17-27(19-32(45)20-28)18-30-6-10-38(56)50-39(30)57/h5,7-9,17,19-20,22-23,30H,4,6,10-16,18,21,25-26H2,1-3H3,(H,50,56,57). The molecule has 60 heavy (non-hydrogen) atoms. The third kappa shape index (κ3) is 8.93. The first-order valence-corrected chi connectivity index (χ1v) is 20.9. The van der Waals surface area contributed by atoms with Crippen molar-refractivity contribution in [3.8, 4) is 11.8 Å². The van der Waals surface area contributed by atoms with Crippen LogP contribution in [0.1, 0.15) is 74.3 Å². The molecule has 16 heteroatoms. The number of ether oxygens (including phenoxy) is 1. The number of piperazine rings is 1. The molecule has 1 aliphatic carbocycles. The van der Waals surface area contributed by atoms with Gasteiger partial charge < -0.3 is 9.64 Å². The minimum absolute atomic E-state index is 0.0223. The van der Waals surface area contributed by atoms with Gasteiger partial charge >= 0.3 is 6.18 Å². The van der Waals surface area contributed by atoms with Gasteiger partial charge in [-0.25, -0.2) is 0 Å². The Labute approximate surface area is 357 Å². The number of aryl methyl sites for hydroxylation is 1. The highest BCUT2D eigenvalue weighted by molar-refractivity contribution is 7.81. The average Bonchev–Trinajstić information content (AvgIpc) is 3.92. The number of imide groups is 1. The number of amides is 3. The van der Waals surface area contributed by atoms with Crippen LogP contribution in [0.15, 0.2) is 54.6 Å². The molecule has 11 nitrogen and oxygen atoms in total. The molecule has 1 spiro atoms. The van der Waals surface area contributed by atoms with Gasteiger partial charge in [-0.1, -0.05) is 24.6 Å². The van der Waals surface area contributed by atoms with E-state index >= 15 is 0 Å². The number of alkyl halides is 3. The number of carbonyl (C=O) groups is 4. The maximum atomic E-state index is 13.8. The lowest BCUT2D eigenvalue weighted by Crippen LogP contribution is -2.56. The third-order valence-electron chi connectivity index (χ3n) is 12.0. The fraction of sp³-hybridized carbons (Fsp3) is 0.455. The number of carbonyl (C=O) groups excluding carboxylic acids is 4. The Morgan fingerprint density at radius 1 is 1.03 bits per heavy atom. The van der Waals surface area contributed by atoms with E-state index in [-0.39, 0.29) is 46.3 Å². The Hall–Kier alpha value is -4.88. The molecule has 4 aliphatic rings. The lowest BCUT2D eigenvalue weighted by atomic mass is 9.90. The highest BCUT2D eigenvalue weighted by atomic mass is 35.5. The molecular weight excluding hydrogens is 817 g/mol. The van der Waals surface area contributed by atoms with E-state index < -0.39 is 28.7 Å². The molecule has 3 aromatic rings. The Bertz CT molecular complexity index is 2290. The Balaban J connectivity index is 0.937. The topological polar surface area (TPSA) is 126 Å². The van der Waals surface area contributed by atoms with Crippen LogP contribution in [0.2, 0.25) is 5.02 Å². The van der Waals surface area contributed by atoms with Crippen LogP contribution < -0.4 is 19.9 Å². The van der Waals surface area contributed by atoms with Gasteiger partial charge in [0.15, 0.2) is 10.9 Å². The van der Waals surface area contributed by atoms with Gasteiger partial charge in [0.25, 0.3) is 5.91 Å². The molecule has 1 N–H and O–H groups in total. The molecule has 0 radical (unpaired) electrons. The van der Waals surface area contributed by atoms with Gasteiger partial charge in [0.05, 0.1) is 29.4 Å². The van der Waals surface area contributed by atoms with Gasteiger partial charge in [-0.2, -0.15) is 18.4 Å². The zero-order chi connectivity index (χ0) is 43.1. The number of nitrogens with one attached hydrogen (secondary N) is 1. The molecule has 3 heterocycles. The molecule has 1 unspecified atom stereocenters. The summed E-state index contributed by atoms with van der Waals surface area (Å²) in [7, 11) is 0. The number of hydrogen-bond donors (Lipinski definition) is 1. The smallest absolute Gasteiger partial charge is 0.417 e. The summed E-state index contributed by atoms with van der Waals surface area (Å²) in [6.07, 6.45) is -0.677. The van der Waals surface area contributed by atoms with Crippen LogP contribution in [0.25, 0.3) is 0 Å². The molecule has 3 amide bonds. The van der Waals surface area contributed by atoms with Crippen LogP contribution in [0.5, 0.6) is 5.75 Å². The summed E-state index contributed by atoms with van der Waals surface area (Å²) in [5.74, 6) is -0.553. The molecule has 316 valence electrons. The van der Waals surface area contributed by atoms with Crippen molar-refractivity contribution in [2.45, 2.75) is 83.0 Å². The van der Waals surface area contributed by atoms with Crippen molar-refractivity contribution in [1.29, 1.82) is 5.26 Å². The quantitative estimate of drug-likeness (QED) is 0.148. The normalized spacial score (nSPS) is 20.4. The number of anilines is 2. The Morgan fingerprint density at radius 3 is 2.45 bits per heavy atom. The summed E-state index contributed by atoms with van der Waals surface area (Å²) >= 11 is 12.2. The molecule has 1 atom stereocenters. The van der Waals surface area contributed by atoms with Crippen LogP contribution in [0.4, 0.5) is 24.5 Å². The van der Waals surface area contributed by atoms with Gasteiger partial charge in [0.2, 0.25) is 11.8 Å². The second kappa shape index (κ2) is 16.9. The summed E-state index contributed by atoms with van der Waals surface area (Å²) < 4.78 is 47.7. The molecule has 0 aromatic heterocycles. The van der Waals surface area contributed by atoms with Crippen LogP contribution in [0.3, 0.4) is 0 Å². The van der Waals surface area contributed by atoms with E-state index in [2.05, 4.69) is 15.1 Å². The van der Waals surface area contributed by atoms with Gasteiger partial charge in [-0.3, -0.25) is 39.2 Å². The van der Waals surface area contributed by atoms with E-state index in [1.807, 2.05) is 31.2 Å². The number of ketones is 1. The molecule has 4 fully saturated rings. The number of nitriles is 1. The number of rotatable bonds is 13. The Morgan fingerprint density at radius 2 is 1.77 bits per heavy atom. The summed E-state index contributed by atoms with van der Waals surface area (Å²) in [6, 6.07) is 15.7. The number of benzene rings is 3. The minimum atomic E-state index is -4.80. The van der Waals surface area contributed by atoms with Crippen molar-refractivity contribution in [2.75, 3.05) is 49.1 Å². The first-order chi connectivity index (χ1) is 28.4. The van der Waals surface area contributed by atoms with Crippen LogP contribution >= 0.6 is 23.8 Å². The van der Waals surface area contributed by atoms with E-state index in [1.165, 1.54) is 6.07 Å². The molecule has 3 aromatic carbocycles. The molecular formula is C44H46ClF3N6O5S. The number of hydrogen-bond acceptors (Lipinski definition) is 9. The molecule has 0 bridgehead atoms. The van der Waals surface area contributed by atoms with Gasteiger partial charge in [0.1, 0.15) is 17.9 Å². The fourth-order valence-electron chi connectivity index (χ4n) is 8.67. The summed E-state index contributed by atoms with van der Waals surface area (Å²) in [6.45, 7) is 9.12. The highest BCUT2D eigenvalue weighted by Crippen LogP contribution is 2.44. The SMILES string of the molecule is CCc1cc(N2C(=S)N(c3ccc(C#N)c(C(F)(F)F)c3)C(=O)C2(C)C)ccc1OCCN1CCN(CC(=O)Cc2cc(Cl)cc(CC3CCC(=O)NC3=O)c2)C2(CC2)C1. The van der Waals surface area contributed by atoms with E-state index in [9.17, 15) is 37.6 Å². The first kappa shape index (κ1) is 43.2. The van der Waals surface area contributed by atoms with Crippen molar-refractivity contribution in [3.05, 3.63) is 87.4 Å². The second-order valence-electron chi connectivity index (χ2n) is 16.6. The number of piperidine rings is 1. The molecule has 3 aliphatic heterocycles. The maximum Gasteiger partial charge on any atom is 0.417 e. The Kier molecular flexibility index (Phi) is 12.2. The predicted molar refractivity (Wildman–Crippen MR) is 224 cm³/mol. The minimum Gasteiger partial charge on any atom is -0.492 e. The van der Waals surface area contributed by atoms with Crippen molar-refractivity contribution in [2.24, 2.45) is 5.92 Å². The second-order valence-corrected chi connectivity index (χ2v) is 17.4. The highest BCUT2D eigenvalue weighted by Gasteiger charge is 2.52. The van der Waals surface area contributed by atoms with Crippen molar-refractivity contribution in [3.63, 3.8) is 0 Å². The first-order valence-electron chi connectivity index (χ1n) is 20.1. The lowest BCUT2D eigenvalue weighted by molar-refractivity contribution is -0.138. The molecule has 1 saturated carbocycles. The number of Topliss-reactive ketones (excluding diaryl/α,β-unsaturated/α-hetero) is 1. The van der Waals surface area contributed by atoms with E-state index in [0.29, 0.717) is 61.8 Å². The van der Waals surface area contributed by atoms with Gasteiger partial charge in [-0.15, -0.1) is 0 Å². The zero-order valence-electron chi connectivity index (χ0n) is 33.7. The number of nitrogens with zero attached hydrogens (tertiary/aromatic N) is 5. The summed E-state index contributed by atoms with van der Waals surface area (Å²) in [5.41, 5.74) is 0.125. The van der Waals surface area contributed by atoms with Crippen LogP contribution in [-0.4, -0.2) is 88.8 Å². The number of thiocarbonyl (C=S) groups is 1.